The van der Waals surface area contributed by atoms with E-state index in [-0.39, 0.29) is 0 Å². The van der Waals surface area contributed by atoms with E-state index in [0.717, 1.165) is 5.69 Å². The average Bonchev–Trinajstić information content (AvgIpc) is 2.28. The van der Waals surface area contributed by atoms with Gasteiger partial charge in [0.2, 0.25) is 0 Å². The third-order valence-electron chi connectivity index (χ3n) is 2.93. The molecule has 0 spiro atoms. The molecule has 0 saturated carbocycles. The first-order valence-corrected chi connectivity index (χ1v) is 6.67. The quantitative estimate of drug-likeness (QED) is 0.499. The van der Waals surface area contributed by atoms with E-state index in [1.54, 1.807) is 7.05 Å². The third kappa shape index (κ3) is 3.43. The van der Waals surface area contributed by atoms with E-state index in [9.17, 15) is 0 Å². The zero-order valence-electron chi connectivity index (χ0n) is 11.8. The van der Waals surface area contributed by atoms with Gasteiger partial charge in [-0.15, -0.1) is 0 Å². The number of hydrogen-bond acceptors (Lipinski definition) is 2. The van der Waals surface area contributed by atoms with Crippen molar-refractivity contribution in [1.29, 1.82) is 0 Å². The zero-order chi connectivity index (χ0) is 13.9. The number of nitrogens with zero attached hydrogens (tertiary/aromatic N) is 1. The van der Waals surface area contributed by atoms with E-state index >= 15 is 0 Å². The molecule has 3 N–H and O–H groups in total. The standard InChI is InChI=1S/C14H23N3S/c1-9(2)11-7-6-8-12(10(3)4)13(11)16-14(18)17(5)15/h6-10H,15H2,1-5H3,(H,16,18). The lowest BCUT2D eigenvalue weighted by molar-refractivity contribution is 0.548. The van der Waals surface area contributed by atoms with Crippen LogP contribution < -0.4 is 11.2 Å². The third-order valence-corrected chi connectivity index (χ3v) is 3.32. The molecule has 0 aromatic heterocycles. The molecule has 0 amide bonds. The van der Waals surface area contributed by atoms with E-state index < -0.39 is 0 Å². The van der Waals surface area contributed by atoms with Crippen molar-refractivity contribution in [1.82, 2.24) is 5.01 Å². The Balaban J connectivity index is 3.23. The maximum Gasteiger partial charge on any atom is 0.187 e. The summed E-state index contributed by atoms with van der Waals surface area (Å²) in [7, 11) is 1.74. The highest BCUT2D eigenvalue weighted by Gasteiger charge is 2.15. The van der Waals surface area contributed by atoms with E-state index in [0.29, 0.717) is 16.9 Å². The van der Waals surface area contributed by atoms with Crippen LogP contribution in [-0.4, -0.2) is 17.2 Å². The predicted octanol–water partition coefficient (Wildman–Crippen LogP) is 3.44. The van der Waals surface area contributed by atoms with Gasteiger partial charge in [0.25, 0.3) is 0 Å². The minimum atomic E-state index is 0.442. The Hall–Kier alpha value is -1.13. The smallest absolute Gasteiger partial charge is 0.187 e. The summed E-state index contributed by atoms with van der Waals surface area (Å²) in [6, 6.07) is 6.38. The molecule has 1 aromatic carbocycles. The molecule has 0 saturated heterocycles. The molecule has 100 valence electrons. The van der Waals surface area contributed by atoms with Gasteiger partial charge in [0.1, 0.15) is 0 Å². The average molecular weight is 265 g/mol. The van der Waals surface area contributed by atoms with Gasteiger partial charge in [-0.3, -0.25) is 5.01 Å². The van der Waals surface area contributed by atoms with Crippen LogP contribution in [-0.2, 0) is 0 Å². The van der Waals surface area contributed by atoms with E-state index in [1.807, 2.05) is 0 Å². The first-order chi connectivity index (χ1) is 8.34. The van der Waals surface area contributed by atoms with Crippen LogP contribution in [0, 0.1) is 0 Å². The molecular formula is C14H23N3S. The molecule has 1 aromatic rings. The van der Waals surface area contributed by atoms with Gasteiger partial charge in [-0.25, -0.2) is 5.84 Å². The van der Waals surface area contributed by atoms with Crippen molar-refractivity contribution in [3.63, 3.8) is 0 Å². The highest BCUT2D eigenvalue weighted by Crippen LogP contribution is 2.32. The highest BCUT2D eigenvalue weighted by atomic mass is 32.1. The molecule has 4 heteroatoms. The summed E-state index contributed by atoms with van der Waals surface area (Å²) in [6.45, 7) is 8.72. The van der Waals surface area contributed by atoms with Crippen LogP contribution >= 0.6 is 12.2 Å². The SMILES string of the molecule is CC(C)c1cccc(C(C)C)c1NC(=S)N(C)N. The lowest BCUT2D eigenvalue weighted by Crippen LogP contribution is -2.37. The van der Waals surface area contributed by atoms with Gasteiger partial charge in [-0.1, -0.05) is 45.9 Å². The van der Waals surface area contributed by atoms with Crippen LogP contribution in [0.5, 0.6) is 0 Å². The number of hydrogen-bond donors (Lipinski definition) is 2. The van der Waals surface area contributed by atoms with E-state index in [2.05, 4.69) is 51.2 Å². The number of anilines is 1. The highest BCUT2D eigenvalue weighted by molar-refractivity contribution is 7.80. The summed E-state index contributed by atoms with van der Waals surface area (Å²) < 4.78 is 0. The van der Waals surface area contributed by atoms with Crippen molar-refractivity contribution in [2.75, 3.05) is 12.4 Å². The van der Waals surface area contributed by atoms with E-state index in [4.69, 9.17) is 18.1 Å². The first-order valence-electron chi connectivity index (χ1n) is 6.26. The minimum absolute atomic E-state index is 0.442. The van der Waals surface area contributed by atoms with Crippen LogP contribution in [0.15, 0.2) is 18.2 Å². The Kier molecular flexibility index (Phi) is 5.11. The first kappa shape index (κ1) is 14.9. The second-order valence-electron chi connectivity index (χ2n) is 5.16. The number of hydrazine groups is 1. The lowest BCUT2D eigenvalue weighted by Gasteiger charge is -2.23. The van der Waals surface area contributed by atoms with Crippen molar-refractivity contribution in [3.05, 3.63) is 29.3 Å². The minimum Gasteiger partial charge on any atom is -0.331 e. The van der Waals surface area contributed by atoms with Gasteiger partial charge in [0.05, 0.1) is 0 Å². The summed E-state index contributed by atoms with van der Waals surface area (Å²) in [5.41, 5.74) is 3.64. The number of rotatable bonds is 3. The molecule has 18 heavy (non-hydrogen) atoms. The Morgan fingerprint density at radius 1 is 1.17 bits per heavy atom. The topological polar surface area (TPSA) is 41.3 Å². The van der Waals surface area contributed by atoms with Gasteiger partial charge in [-0.05, 0) is 35.2 Å². The molecule has 0 unspecified atom stereocenters. The van der Waals surface area contributed by atoms with Gasteiger partial charge < -0.3 is 5.32 Å². The Labute approximate surface area is 115 Å². The molecule has 1 rings (SSSR count). The van der Waals surface area contributed by atoms with Gasteiger partial charge in [0, 0.05) is 12.7 Å². The molecule has 0 radical (unpaired) electrons. The van der Waals surface area contributed by atoms with Gasteiger partial charge in [-0.2, -0.15) is 0 Å². The molecule has 3 nitrogen and oxygen atoms in total. The maximum absolute atomic E-state index is 5.67. The molecule has 0 fully saturated rings. The number of para-hydroxylation sites is 1. The lowest BCUT2D eigenvalue weighted by atomic mass is 9.93. The van der Waals surface area contributed by atoms with Crippen molar-refractivity contribution < 1.29 is 0 Å². The van der Waals surface area contributed by atoms with Crippen LogP contribution in [0.4, 0.5) is 5.69 Å². The fourth-order valence-electron chi connectivity index (χ4n) is 1.89. The fraction of sp³-hybridized carbons (Fsp3) is 0.500. The Morgan fingerprint density at radius 3 is 1.94 bits per heavy atom. The number of nitrogens with two attached hydrogens (primary N) is 1. The number of nitrogens with one attached hydrogen (secondary N) is 1. The zero-order valence-corrected chi connectivity index (χ0v) is 12.6. The largest absolute Gasteiger partial charge is 0.331 e. The van der Waals surface area contributed by atoms with Crippen LogP contribution in [0.2, 0.25) is 0 Å². The Bertz CT molecular complexity index is 399. The Morgan fingerprint density at radius 2 is 1.61 bits per heavy atom. The second kappa shape index (κ2) is 6.16. The molecule has 0 heterocycles. The molecule has 0 aliphatic rings. The van der Waals surface area contributed by atoms with Gasteiger partial charge >= 0.3 is 0 Å². The van der Waals surface area contributed by atoms with Crippen molar-refractivity contribution >= 4 is 23.0 Å². The summed E-state index contributed by atoms with van der Waals surface area (Å²) in [4.78, 5) is 0. The molecule has 0 bridgehead atoms. The second-order valence-corrected chi connectivity index (χ2v) is 5.55. The monoisotopic (exact) mass is 265 g/mol. The van der Waals surface area contributed by atoms with Crippen LogP contribution in [0.25, 0.3) is 0 Å². The molecular weight excluding hydrogens is 242 g/mol. The number of benzene rings is 1. The predicted molar refractivity (Wildman–Crippen MR) is 82.8 cm³/mol. The van der Waals surface area contributed by atoms with Crippen LogP contribution in [0.1, 0.15) is 50.7 Å². The fourth-order valence-corrected chi connectivity index (χ4v) is 1.99. The summed E-state index contributed by atoms with van der Waals surface area (Å²) in [6.07, 6.45) is 0. The van der Waals surface area contributed by atoms with Crippen molar-refractivity contribution in [2.45, 2.75) is 39.5 Å². The summed E-state index contributed by atoms with van der Waals surface area (Å²) in [5, 5.41) is 5.23. The summed E-state index contributed by atoms with van der Waals surface area (Å²) in [5.74, 6) is 6.55. The molecule has 0 aliphatic carbocycles. The van der Waals surface area contributed by atoms with E-state index in [1.165, 1.54) is 16.1 Å². The normalized spacial score (nSPS) is 10.9. The van der Waals surface area contributed by atoms with Gasteiger partial charge in [0.15, 0.2) is 5.11 Å². The summed E-state index contributed by atoms with van der Waals surface area (Å²) >= 11 is 5.24. The van der Waals surface area contributed by atoms with Crippen molar-refractivity contribution in [3.8, 4) is 0 Å². The maximum atomic E-state index is 5.67. The molecule has 0 atom stereocenters. The van der Waals surface area contributed by atoms with Crippen molar-refractivity contribution in [2.24, 2.45) is 5.84 Å². The number of thiocarbonyl (C=S) groups is 1. The molecule has 0 aliphatic heterocycles. The van der Waals surface area contributed by atoms with Crippen LogP contribution in [0.3, 0.4) is 0 Å².